The highest BCUT2D eigenvalue weighted by Crippen LogP contribution is 2.44. The Hall–Kier alpha value is -3.92. The predicted octanol–water partition coefficient (Wildman–Crippen LogP) is 10.6. The van der Waals surface area contributed by atoms with Crippen LogP contribution in [0, 0.1) is 13.8 Å². The Labute approximate surface area is 253 Å². The minimum Gasteiger partial charge on any atom is -0.457 e. The monoisotopic (exact) mass is 564 g/mol. The number of hydrogen-bond acceptors (Lipinski definition) is 4. The van der Waals surface area contributed by atoms with E-state index in [-0.39, 0.29) is 16.7 Å². The van der Waals surface area contributed by atoms with Gasteiger partial charge in [0.15, 0.2) is 0 Å². The molecule has 0 aliphatic carbocycles. The molecule has 0 aromatic heterocycles. The second-order valence-electron chi connectivity index (χ2n) is 13.6. The molecule has 0 radical (unpaired) electrons. The summed E-state index contributed by atoms with van der Waals surface area (Å²) in [5.41, 5.74) is 20.6. The average Bonchev–Trinajstić information content (AvgIpc) is 2.89. The van der Waals surface area contributed by atoms with E-state index >= 15 is 0 Å². The van der Waals surface area contributed by atoms with Crippen LogP contribution >= 0.6 is 0 Å². The van der Waals surface area contributed by atoms with Gasteiger partial charge in [-0.2, -0.15) is 0 Å². The molecule has 0 unspecified atom stereocenters. The van der Waals surface area contributed by atoms with Gasteiger partial charge in [-0.25, -0.2) is 0 Å². The molecule has 0 saturated heterocycles. The van der Waals surface area contributed by atoms with Crippen molar-refractivity contribution in [2.45, 2.75) is 91.9 Å². The number of hydrogen-bond donors (Lipinski definition) is 2. The van der Waals surface area contributed by atoms with Crippen molar-refractivity contribution in [3.05, 3.63) is 106 Å². The highest BCUT2D eigenvalue weighted by Gasteiger charge is 2.28. The number of anilines is 2. The molecule has 0 aliphatic rings. The molecule has 0 atom stereocenters. The maximum atomic E-state index is 6.46. The van der Waals surface area contributed by atoms with E-state index in [0.29, 0.717) is 0 Å². The van der Waals surface area contributed by atoms with Gasteiger partial charge in [0.05, 0.1) is 0 Å². The number of ether oxygens (including phenoxy) is 2. The van der Waals surface area contributed by atoms with E-state index in [4.69, 9.17) is 20.9 Å². The maximum absolute atomic E-state index is 6.46. The molecule has 4 rings (SSSR count). The van der Waals surface area contributed by atoms with Crippen LogP contribution in [0.3, 0.4) is 0 Å². The molecule has 0 bridgehead atoms. The molecule has 0 spiro atoms. The highest BCUT2D eigenvalue weighted by atomic mass is 16.5. The largest absolute Gasteiger partial charge is 0.457 e. The Morgan fingerprint density at radius 1 is 0.595 bits per heavy atom. The lowest BCUT2D eigenvalue weighted by Gasteiger charge is -2.30. The minimum absolute atomic E-state index is 0.106. The first-order valence-electron chi connectivity index (χ1n) is 15.0. The summed E-state index contributed by atoms with van der Waals surface area (Å²) in [5.74, 6) is 3.60. The van der Waals surface area contributed by atoms with Crippen LogP contribution in [0.15, 0.2) is 72.8 Å². The summed E-state index contributed by atoms with van der Waals surface area (Å²) in [6, 6.07) is 24.4. The summed E-state index contributed by atoms with van der Waals surface area (Å²) in [5, 5.41) is 0. The molecular formula is C38H48N2O2. The van der Waals surface area contributed by atoms with Gasteiger partial charge in [-0.1, -0.05) is 67.0 Å². The van der Waals surface area contributed by atoms with Crippen LogP contribution in [-0.2, 0) is 10.8 Å². The molecule has 0 fully saturated rings. The second-order valence-corrected chi connectivity index (χ2v) is 13.6. The third-order valence-corrected chi connectivity index (χ3v) is 7.90. The first-order valence-corrected chi connectivity index (χ1v) is 15.0. The average molecular weight is 565 g/mol. The fourth-order valence-electron chi connectivity index (χ4n) is 5.58. The van der Waals surface area contributed by atoms with Gasteiger partial charge in [-0.15, -0.1) is 0 Å². The molecule has 222 valence electrons. The Morgan fingerprint density at radius 3 is 1.26 bits per heavy atom. The Morgan fingerprint density at radius 2 is 0.952 bits per heavy atom. The van der Waals surface area contributed by atoms with Crippen molar-refractivity contribution in [1.82, 2.24) is 0 Å². The van der Waals surface area contributed by atoms with Crippen LogP contribution in [0.25, 0.3) is 0 Å². The Bertz CT molecular complexity index is 1410. The number of nitrogens with two attached hydrogens (primary N) is 2. The fourth-order valence-corrected chi connectivity index (χ4v) is 5.58. The van der Waals surface area contributed by atoms with E-state index in [1.54, 1.807) is 0 Å². The fraction of sp³-hybridized carbons (Fsp3) is 0.368. The van der Waals surface area contributed by atoms with E-state index in [2.05, 4.69) is 86.6 Å². The van der Waals surface area contributed by atoms with Crippen molar-refractivity contribution in [3.63, 3.8) is 0 Å². The van der Waals surface area contributed by atoms with Crippen molar-refractivity contribution >= 4 is 11.4 Å². The number of benzene rings is 4. The van der Waals surface area contributed by atoms with Crippen molar-refractivity contribution in [3.8, 4) is 23.0 Å². The molecule has 4 aromatic carbocycles. The van der Waals surface area contributed by atoms with Gasteiger partial charge in [-0.3, -0.25) is 0 Å². The van der Waals surface area contributed by atoms with E-state index in [1.165, 1.54) is 33.4 Å². The number of rotatable bonds is 8. The van der Waals surface area contributed by atoms with Crippen LogP contribution in [0.2, 0.25) is 0 Å². The zero-order valence-corrected chi connectivity index (χ0v) is 26.9. The van der Waals surface area contributed by atoms with E-state index in [0.717, 1.165) is 47.2 Å². The van der Waals surface area contributed by atoms with Gasteiger partial charge in [0.25, 0.3) is 0 Å². The third kappa shape index (κ3) is 7.10. The summed E-state index contributed by atoms with van der Waals surface area (Å²) in [6.45, 7) is 20.2. The summed E-state index contributed by atoms with van der Waals surface area (Å²) in [6.07, 6.45) is 2.12. The smallest absolute Gasteiger partial charge is 0.131 e. The molecule has 0 aliphatic heterocycles. The molecular weight excluding hydrogens is 516 g/mol. The van der Waals surface area contributed by atoms with Gasteiger partial charge in [0.2, 0.25) is 0 Å². The van der Waals surface area contributed by atoms with E-state index in [1.807, 2.05) is 48.5 Å². The highest BCUT2D eigenvalue weighted by molar-refractivity contribution is 5.55. The zero-order valence-electron chi connectivity index (χ0n) is 26.9. The Kier molecular flexibility index (Phi) is 8.96. The summed E-state index contributed by atoms with van der Waals surface area (Å²) in [4.78, 5) is 0. The lowest BCUT2D eigenvalue weighted by Crippen LogP contribution is -2.17. The lowest BCUT2D eigenvalue weighted by atomic mass is 9.76. The van der Waals surface area contributed by atoms with Crippen molar-refractivity contribution in [2.75, 3.05) is 11.5 Å². The van der Waals surface area contributed by atoms with Crippen molar-refractivity contribution in [2.24, 2.45) is 0 Å². The molecule has 4 N–H and O–H groups in total. The molecule has 0 heterocycles. The van der Waals surface area contributed by atoms with Crippen LogP contribution in [0.1, 0.15) is 101 Å². The molecule has 42 heavy (non-hydrogen) atoms. The SMILES string of the molecule is CCCC(c1cc(C(C)(C)C)c(Oc2ccc(N)cc2)cc1C)c1cc(C(C)(C)C)c(Oc2ccc(N)cc2)cc1C. The molecule has 4 heteroatoms. The van der Waals surface area contributed by atoms with Gasteiger partial charge >= 0.3 is 0 Å². The van der Waals surface area contributed by atoms with Gasteiger partial charge in [0.1, 0.15) is 23.0 Å². The number of nitrogen functional groups attached to an aromatic ring is 2. The second kappa shape index (κ2) is 12.1. The van der Waals surface area contributed by atoms with E-state index in [9.17, 15) is 0 Å². The zero-order chi connectivity index (χ0) is 30.8. The topological polar surface area (TPSA) is 70.5 Å². The van der Waals surface area contributed by atoms with Crippen LogP contribution < -0.4 is 20.9 Å². The van der Waals surface area contributed by atoms with Crippen LogP contribution in [-0.4, -0.2) is 0 Å². The number of aryl methyl sites for hydroxylation is 2. The first kappa shape index (κ1) is 31.0. The van der Waals surface area contributed by atoms with Crippen LogP contribution in [0.4, 0.5) is 11.4 Å². The summed E-state index contributed by atoms with van der Waals surface area (Å²) < 4.78 is 12.9. The van der Waals surface area contributed by atoms with Crippen LogP contribution in [0.5, 0.6) is 23.0 Å². The molecule has 0 amide bonds. The third-order valence-electron chi connectivity index (χ3n) is 7.90. The minimum atomic E-state index is -0.106. The summed E-state index contributed by atoms with van der Waals surface area (Å²) >= 11 is 0. The van der Waals surface area contributed by atoms with E-state index < -0.39 is 0 Å². The maximum Gasteiger partial charge on any atom is 0.131 e. The molecule has 4 nitrogen and oxygen atoms in total. The first-order chi connectivity index (χ1) is 19.7. The van der Waals surface area contributed by atoms with Gasteiger partial charge in [0, 0.05) is 28.4 Å². The normalized spacial score (nSPS) is 12.0. The van der Waals surface area contributed by atoms with Gasteiger partial charge in [-0.05, 0) is 114 Å². The van der Waals surface area contributed by atoms with Gasteiger partial charge < -0.3 is 20.9 Å². The Balaban J connectivity index is 1.84. The predicted molar refractivity (Wildman–Crippen MR) is 178 cm³/mol. The van der Waals surface area contributed by atoms with Crippen molar-refractivity contribution < 1.29 is 9.47 Å². The molecule has 4 aromatic rings. The standard InChI is InChI=1S/C38H48N2O2/c1-10-11-30(31-22-33(37(4,5)6)35(20-24(31)2)41-28-16-12-26(39)13-17-28)32-23-34(38(7,8)9)36(21-25(32)3)42-29-18-14-27(40)15-19-29/h12-23,30H,10-11,39-40H2,1-9H3. The quantitative estimate of drug-likeness (QED) is 0.209. The molecule has 0 saturated carbocycles. The summed E-state index contributed by atoms with van der Waals surface area (Å²) in [7, 11) is 0. The lowest BCUT2D eigenvalue weighted by molar-refractivity contribution is 0.453. The van der Waals surface area contributed by atoms with Crippen molar-refractivity contribution in [1.29, 1.82) is 0 Å².